The predicted molar refractivity (Wildman–Crippen MR) is 108 cm³/mol. The van der Waals surface area contributed by atoms with Gasteiger partial charge in [0.2, 0.25) is 15.9 Å². The van der Waals surface area contributed by atoms with Crippen molar-refractivity contribution >= 4 is 39.9 Å². The zero-order valence-corrected chi connectivity index (χ0v) is 17.2. The molecule has 0 saturated heterocycles. The highest BCUT2D eigenvalue weighted by molar-refractivity contribution is 7.16. The lowest BCUT2D eigenvalue weighted by Gasteiger charge is -2.10. The van der Waals surface area contributed by atoms with Gasteiger partial charge < -0.3 is 5.32 Å². The quantitative estimate of drug-likeness (QED) is 0.516. The van der Waals surface area contributed by atoms with E-state index in [1.54, 1.807) is 24.3 Å². The van der Waals surface area contributed by atoms with Crippen molar-refractivity contribution in [3.8, 4) is 11.3 Å². The molecule has 154 valence electrons. The number of rotatable bonds is 6. The van der Waals surface area contributed by atoms with Crippen molar-refractivity contribution in [1.82, 2.24) is 19.9 Å². The number of nitrogens with zero attached hydrogens (tertiary/aromatic N) is 3. The third kappa shape index (κ3) is 4.79. The summed E-state index contributed by atoms with van der Waals surface area (Å²) in [6.45, 7) is 3.90. The fourth-order valence-electron chi connectivity index (χ4n) is 2.83. The summed E-state index contributed by atoms with van der Waals surface area (Å²) in [7, 11) is 0. The number of halogens is 4. The molecule has 1 N–H and O–H groups in total. The minimum atomic E-state index is -4.58. The molecule has 10 heteroatoms. The molecule has 5 nitrogen and oxygen atoms in total. The topological polar surface area (TPSA) is 59.3 Å². The summed E-state index contributed by atoms with van der Waals surface area (Å²) in [5, 5.41) is 5.84. The SMILES string of the molecule is CCCC(C)NC(=O)C=Cc1c(-c2ccccc2Cl)nc2sc(C(F)(F)F)nn12. The smallest absolute Gasteiger partial charge is 0.350 e. The number of imidazole rings is 1. The van der Waals surface area contributed by atoms with Gasteiger partial charge in [-0.25, -0.2) is 9.50 Å². The van der Waals surface area contributed by atoms with Crippen molar-refractivity contribution in [1.29, 1.82) is 0 Å². The number of carbonyl (C=O) groups is 1. The number of hydrogen-bond donors (Lipinski definition) is 1. The van der Waals surface area contributed by atoms with Crippen LogP contribution in [0.2, 0.25) is 5.02 Å². The standard InChI is InChI=1S/C19H18ClF3N4OS/c1-3-6-11(2)24-15(28)10-9-14-16(12-7-4-5-8-13(12)20)25-18-27(14)26-17(29-18)19(21,22)23/h4-5,7-11H,3,6H2,1-2H3,(H,24,28). The Morgan fingerprint density at radius 3 is 2.76 bits per heavy atom. The van der Waals surface area contributed by atoms with Gasteiger partial charge in [-0.05, 0) is 25.5 Å². The van der Waals surface area contributed by atoms with E-state index < -0.39 is 11.2 Å². The summed E-state index contributed by atoms with van der Waals surface area (Å²) in [4.78, 5) is 16.5. The number of fused-ring (bicyclic) bond motifs is 1. The predicted octanol–water partition coefficient (Wildman–Crippen LogP) is 5.45. The summed E-state index contributed by atoms with van der Waals surface area (Å²) in [6.07, 6.45) is -0.161. The van der Waals surface area contributed by atoms with Gasteiger partial charge in [0.1, 0.15) is 5.69 Å². The molecule has 1 amide bonds. The van der Waals surface area contributed by atoms with Gasteiger partial charge in [0, 0.05) is 17.7 Å². The monoisotopic (exact) mass is 442 g/mol. The fraction of sp³-hybridized carbons (Fsp3) is 0.316. The molecule has 0 saturated carbocycles. The van der Waals surface area contributed by atoms with Gasteiger partial charge in [0.25, 0.3) is 0 Å². The van der Waals surface area contributed by atoms with Crippen molar-refractivity contribution in [2.75, 3.05) is 0 Å². The lowest BCUT2D eigenvalue weighted by atomic mass is 10.1. The molecule has 1 aromatic carbocycles. The van der Waals surface area contributed by atoms with Crippen LogP contribution in [-0.4, -0.2) is 26.5 Å². The van der Waals surface area contributed by atoms with Gasteiger partial charge in [-0.2, -0.15) is 13.2 Å². The number of hydrogen-bond acceptors (Lipinski definition) is 4. The molecule has 2 heterocycles. The second-order valence-electron chi connectivity index (χ2n) is 6.46. The second-order valence-corrected chi connectivity index (χ2v) is 7.82. The highest BCUT2D eigenvalue weighted by Gasteiger charge is 2.36. The van der Waals surface area contributed by atoms with E-state index in [9.17, 15) is 18.0 Å². The Labute approximate surface area is 174 Å². The molecule has 0 aliphatic carbocycles. The summed E-state index contributed by atoms with van der Waals surface area (Å²) in [5.74, 6) is -0.350. The molecule has 1 unspecified atom stereocenters. The van der Waals surface area contributed by atoms with Crippen LogP contribution < -0.4 is 5.32 Å². The first-order valence-electron chi connectivity index (χ1n) is 8.91. The molecule has 0 fully saturated rings. The minimum absolute atomic E-state index is 0.0123. The average Bonchev–Trinajstić information content (AvgIpc) is 3.18. The van der Waals surface area contributed by atoms with E-state index >= 15 is 0 Å². The molecular formula is C19H18ClF3N4OS. The van der Waals surface area contributed by atoms with Crippen molar-refractivity contribution in [3.63, 3.8) is 0 Å². The molecule has 0 bridgehead atoms. The summed E-state index contributed by atoms with van der Waals surface area (Å²) < 4.78 is 40.3. The zero-order chi connectivity index (χ0) is 21.2. The first-order valence-corrected chi connectivity index (χ1v) is 10.1. The van der Waals surface area contributed by atoms with E-state index in [-0.39, 0.29) is 22.6 Å². The molecule has 0 aliphatic heterocycles. The lowest BCUT2D eigenvalue weighted by molar-refractivity contribution is -0.138. The maximum absolute atomic E-state index is 13.1. The molecule has 1 atom stereocenters. The Kier molecular flexibility index (Phi) is 6.28. The summed E-state index contributed by atoms with van der Waals surface area (Å²) >= 11 is 6.68. The molecule has 3 rings (SSSR count). The van der Waals surface area contributed by atoms with Crippen LogP contribution in [0, 0.1) is 0 Å². The van der Waals surface area contributed by atoms with Crippen LogP contribution in [-0.2, 0) is 11.0 Å². The highest BCUT2D eigenvalue weighted by atomic mass is 35.5. The zero-order valence-electron chi connectivity index (χ0n) is 15.6. The fourth-order valence-corrected chi connectivity index (χ4v) is 3.83. The number of aromatic nitrogens is 3. The number of carbonyl (C=O) groups excluding carboxylic acids is 1. The Bertz CT molecular complexity index is 1060. The van der Waals surface area contributed by atoms with Gasteiger partial charge >= 0.3 is 6.18 Å². The van der Waals surface area contributed by atoms with E-state index in [1.165, 1.54) is 12.2 Å². The number of benzene rings is 1. The van der Waals surface area contributed by atoms with E-state index in [0.29, 0.717) is 27.6 Å². The summed E-state index contributed by atoms with van der Waals surface area (Å²) in [6, 6.07) is 6.84. The molecule has 0 spiro atoms. The number of amides is 1. The summed E-state index contributed by atoms with van der Waals surface area (Å²) in [5.41, 5.74) is 1.15. The molecular weight excluding hydrogens is 425 g/mol. The first kappa shape index (κ1) is 21.3. The van der Waals surface area contributed by atoms with Gasteiger partial charge in [0.05, 0.1) is 10.7 Å². The Morgan fingerprint density at radius 1 is 1.38 bits per heavy atom. The van der Waals surface area contributed by atoms with Crippen LogP contribution in [0.5, 0.6) is 0 Å². The number of nitrogens with one attached hydrogen (secondary N) is 1. The van der Waals surface area contributed by atoms with Gasteiger partial charge in [-0.3, -0.25) is 4.79 Å². The van der Waals surface area contributed by atoms with Crippen molar-refractivity contribution < 1.29 is 18.0 Å². The lowest BCUT2D eigenvalue weighted by Crippen LogP contribution is -2.30. The third-order valence-electron chi connectivity index (χ3n) is 4.11. The molecule has 0 aliphatic rings. The van der Waals surface area contributed by atoms with E-state index in [1.807, 2.05) is 13.8 Å². The Balaban J connectivity index is 2.05. The van der Waals surface area contributed by atoms with E-state index in [4.69, 9.17) is 11.6 Å². The number of alkyl halides is 3. The normalized spacial score (nSPS) is 13.3. The van der Waals surface area contributed by atoms with Crippen LogP contribution in [0.1, 0.15) is 37.4 Å². The molecule has 3 aromatic rings. The van der Waals surface area contributed by atoms with Crippen molar-refractivity contribution in [2.45, 2.75) is 38.9 Å². The van der Waals surface area contributed by atoms with Gasteiger partial charge in [-0.15, -0.1) is 5.10 Å². The van der Waals surface area contributed by atoms with Crippen LogP contribution in [0.25, 0.3) is 22.3 Å². The molecule has 0 radical (unpaired) electrons. The second kappa shape index (κ2) is 8.54. The van der Waals surface area contributed by atoms with Crippen LogP contribution in [0.3, 0.4) is 0 Å². The maximum atomic E-state index is 13.1. The van der Waals surface area contributed by atoms with Crippen LogP contribution in [0.4, 0.5) is 13.2 Å². The maximum Gasteiger partial charge on any atom is 0.445 e. The molecule has 29 heavy (non-hydrogen) atoms. The molecule has 2 aromatic heterocycles. The van der Waals surface area contributed by atoms with E-state index in [2.05, 4.69) is 15.4 Å². The van der Waals surface area contributed by atoms with E-state index in [0.717, 1.165) is 17.4 Å². The third-order valence-corrected chi connectivity index (χ3v) is 5.40. The Morgan fingerprint density at radius 2 is 2.10 bits per heavy atom. The van der Waals surface area contributed by atoms with Crippen LogP contribution in [0.15, 0.2) is 30.3 Å². The van der Waals surface area contributed by atoms with Crippen molar-refractivity contribution in [2.24, 2.45) is 0 Å². The highest BCUT2D eigenvalue weighted by Crippen LogP contribution is 2.36. The Hall–Kier alpha value is -2.39. The average molecular weight is 443 g/mol. The minimum Gasteiger partial charge on any atom is -0.350 e. The largest absolute Gasteiger partial charge is 0.445 e. The van der Waals surface area contributed by atoms with Gasteiger partial charge in [0.15, 0.2) is 0 Å². The van der Waals surface area contributed by atoms with Gasteiger partial charge in [-0.1, -0.05) is 54.5 Å². The van der Waals surface area contributed by atoms with Crippen molar-refractivity contribution in [3.05, 3.63) is 46.1 Å². The first-order chi connectivity index (χ1) is 13.7. The van der Waals surface area contributed by atoms with Crippen LogP contribution >= 0.6 is 22.9 Å².